The molecule has 156 valence electrons. The Morgan fingerprint density at radius 2 is 1.90 bits per heavy atom. The van der Waals surface area contributed by atoms with Crippen LogP contribution in [0.4, 0.5) is 0 Å². The highest BCUT2D eigenvalue weighted by molar-refractivity contribution is 5.99. The van der Waals surface area contributed by atoms with Crippen LogP contribution in [0.15, 0.2) is 57.7 Å². The van der Waals surface area contributed by atoms with E-state index in [1.165, 1.54) is 0 Å². The first kappa shape index (κ1) is 20.2. The van der Waals surface area contributed by atoms with E-state index in [4.69, 9.17) is 13.9 Å². The number of nitrogens with zero attached hydrogens (tertiary/aromatic N) is 1. The SMILES string of the molecule is CCCOc1cccc([C@@H]2c3c(oc4ccccc4c3=O)C(=O)N2CCCOC)c1. The summed E-state index contributed by atoms with van der Waals surface area (Å²) in [6.07, 6.45) is 1.56. The molecule has 0 N–H and O–H groups in total. The third-order valence-corrected chi connectivity index (χ3v) is 5.27. The maximum atomic E-state index is 13.4. The van der Waals surface area contributed by atoms with Crippen LogP contribution < -0.4 is 10.2 Å². The van der Waals surface area contributed by atoms with Crippen molar-refractivity contribution in [2.45, 2.75) is 25.8 Å². The fraction of sp³-hybridized carbons (Fsp3) is 0.333. The Kier molecular flexibility index (Phi) is 5.86. The fourth-order valence-electron chi connectivity index (χ4n) is 3.92. The third kappa shape index (κ3) is 3.59. The summed E-state index contributed by atoms with van der Waals surface area (Å²) in [4.78, 5) is 28.3. The van der Waals surface area contributed by atoms with Crippen LogP contribution in [0.1, 0.15) is 47.5 Å². The van der Waals surface area contributed by atoms with Crippen LogP contribution in [-0.4, -0.2) is 37.7 Å². The third-order valence-electron chi connectivity index (χ3n) is 5.27. The van der Waals surface area contributed by atoms with E-state index >= 15 is 0 Å². The summed E-state index contributed by atoms with van der Waals surface area (Å²) in [5.41, 5.74) is 1.48. The Bertz CT molecular complexity index is 1120. The summed E-state index contributed by atoms with van der Waals surface area (Å²) in [6, 6.07) is 14.1. The average molecular weight is 407 g/mol. The van der Waals surface area contributed by atoms with Crippen molar-refractivity contribution in [3.8, 4) is 5.75 Å². The Morgan fingerprint density at radius 3 is 2.70 bits per heavy atom. The predicted octanol–water partition coefficient (Wildman–Crippen LogP) is 4.16. The maximum Gasteiger partial charge on any atom is 0.290 e. The van der Waals surface area contributed by atoms with Gasteiger partial charge in [-0.2, -0.15) is 0 Å². The van der Waals surface area contributed by atoms with E-state index in [2.05, 4.69) is 0 Å². The van der Waals surface area contributed by atoms with Gasteiger partial charge in [-0.3, -0.25) is 9.59 Å². The van der Waals surface area contributed by atoms with Crippen molar-refractivity contribution < 1.29 is 18.7 Å². The first-order chi connectivity index (χ1) is 14.7. The van der Waals surface area contributed by atoms with Crippen molar-refractivity contribution in [3.05, 3.63) is 75.6 Å². The van der Waals surface area contributed by atoms with Gasteiger partial charge in [0.1, 0.15) is 11.3 Å². The molecule has 2 aromatic carbocycles. The number of carbonyl (C=O) groups excluding carboxylic acids is 1. The molecule has 3 aromatic rings. The molecule has 1 aromatic heterocycles. The lowest BCUT2D eigenvalue weighted by Crippen LogP contribution is -2.31. The molecule has 0 radical (unpaired) electrons. The van der Waals surface area contributed by atoms with E-state index in [-0.39, 0.29) is 17.1 Å². The van der Waals surface area contributed by atoms with Crippen molar-refractivity contribution in [1.29, 1.82) is 0 Å². The minimum atomic E-state index is -0.518. The van der Waals surface area contributed by atoms with Crippen molar-refractivity contribution >= 4 is 16.9 Å². The van der Waals surface area contributed by atoms with Gasteiger partial charge in [0.15, 0.2) is 5.43 Å². The highest BCUT2D eigenvalue weighted by Crippen LogP contribution is 2.39. The van der Waals surface area contributed by atoms with Crippen molar-refractivity contribution in [3.63, 3.8) is 0 Å². The number of methoxy groups -OCH3 is 1. The molecule has 1 aliphatic rings. The number of hydrogen-bond donors (Lipinski definition) is 0. The number of benzene rings is 2. The van der Waals surface area contributed by atoms with E-state index in [0.29, 0.717) is 42.7 Å². The van der Waals surface area contributed by atoms with Crippen LogP contribution in [0, 0.1) is 0 Å². The number of hydrogen-bond acceptors (Lipinski definition) is 5. The lowest BCUT2D eigenvalue weighted by Gasteiger charge is -2.25. The first-order valence-electron chi connectivity index (χ1n) is 10.2. The molecule has 4 rings (SSSR count). The smallest absolute Gasteiger partial charge is 0.290 e. The molecule has 2 heterocycles. The van der Waals surface area contributed by atoms with Crippen LogP contribution in [0.2, 0.25) is 0 Å². The second-order valence-corrected chi connectivity index (χ2v) is 7.34. The summed E-state index contributed by atoms with van der Waals surface area (Å²) >= 11 is 0. The Morgan fingerprint density at radius 1 is 1.07 bits per heavy atom. The zero-order chi connectivity index (χ0) is 21.1. The van der Waals surface area contributed by atoms with Crippen LogP contribution in [0.25, 0.3) is 11.0 Å². The summed E-state index contributed by atoms with van der Waals surface area (Å²) in [5, 5.41) is 0.478. The van der Waals surface area contributed by atoms with Crippen LogP contribution in [0.5, 0.6) is 5.75 Å². The summed E-state index contributed by atoms with van der Waals surface area (Å²) in [6.45, 7) is 3.63. The zero-order valence-electron chi connectivity index (χ0n) is 17.2. The standard InChI is InChI=1S/C24H25NO5/c1-3-13-29-17-9-6-8-16(15-17)21-20-22(26)18-10-4-5-11-19(18)30-23(20)24(27)25(21)12-7-14-28-2/h4-6,8-11,15,21H,3,7,12-14H2,1-2H3/t21-/m1/s1. The monoisotopic (exact) mass is 407 g/mol. The van der Waals surface area contributed by atoms with Crippen LogP contribution >= 0.6 is 0 Å². The van der Waals surface area contributed by atoms with Gasteiger partial charge in [0, 0.05) is 20.3 Å². The normalized spacial score (nSPS) is 15.6. The van der Waals surface area contributed by atoms with Gasteiger partial charge in [-0.05, 0) is 42.7 Å². The quantitative estimate of drug-likeness (QED) is 0.525. The summed E-state index contributed by atoms with van der Waals surface area (Å²) < 4.78 is 16.9. The van der Waals surface area contributed by atoms with Gasteiger partial charge in [0.05, 0.1) is 23.6 Å². The van der Waals surface area contributed by atoms with E-state index in [0.717, 1.165) is 17.7 Å². The van der Waals surface area contributed by atoms with Gasteiger partial charge < -0.3 is 18.8 Å². The van der Waals surface area contributed by atoms with Crippen molar-refractivity contribution in [2.24, 2.45) is 0 Å². The van der Waals surface area contributed by atoms with Crippen LogP contribution in [-0.2, 0) is 4.74 Å². The number of para-hydroxylation sites is 1. The molecule has 30 heavy (non-hydrogen) atoms. The molecule has 0 aliphatic carbocycles. The second kappa shape index (κ2) is 8.71. The highest BCUT2D eigenvalue weighted by atomic mass is 16.5. The molecule has 0 bridgehead atoms. The van der Waals surface area contributed by atoms with Gasteiger partial charge in [-0.15, -0.1) is 0 Å². The van der Waals surface area contributed by atoms with E-state index in [1.807, 2.05) is 31.2 Å². The number of ether oxygens (including phenoxy) is 2. The molecule has 0 saturated heterocycles. The zero-order valence-corrected chi connectivity index (χ0v) is 17.2. The molecule has 1 amide bonds. The molecule has 1 atom stereocenters. The Hall–Kier alpha value is -3.12. The molecule has 1 aliphatic heterocycles. The van der Waals surface area contributed by atoms with E-state index in [1.54, 1.807) is 36.3 Å². The molecule has 0 saturated carbocycles. The molecule has 6 nitrogen and oxygen atoms in total. The number of carbonyl (C=O) groups is 1. The summed E-state index contributed by atoms with van der Waals surface area (Å²) in [7, 11) is 1.63. The fourth-order valence-corrected chi connectivity index (χ4v) is 3.92. The molecule has 0 unspecified atom stereocenters. The van der Waals surface area contributed by atoms with E-state index < -0.39 is 6.04 Å². The largest absolute Gasteiger partial charge is 0.494 e. The second-order valence-electron chi connectivity index (χ2n) is 7.34. The maximum absolute atomic E-state index is 13.4. The van der Waals surface area contributed by atoms with Crippen LogP contribution in [0.3, 0.4) is 0 Å². The molecular formula is C24H25NO5. The van der Waals surface area contributed by atoms with Gasteiger partial charge in [-0.25, -0.2) is 0 Å². The first-order valence-corrected chi connectivity index (χ1v) is 10.2. The number of rotatable bonds is 8. The molecule has 0 fully saturated rings. The van der Waals surface area contributed by atoms with Crippen molar-refractivity contribution in [2.75, 3.05) is 26.9 Å². The minimum absolute atomic E-state index is 0.126. The number of fused-ring (bicyclic) bond motifs is 2. The molecular weight excluding hydrogens is 382 g/mol. The lowest BCUT2D eigenvalue weighted by atomic mass is 9.98. The average Bonchev–Trinajstić information content (AvgIpc) is 3.05. The Balaban J connectivity index is 1.85. The van der Waals surface area contributed by atoms with Gasteiger partial charge in [0.2, 0.25) is 5.76 Å². The summed E-state index contributed by atoms with van der Waals surface area (Å²) in [5.74, 6) is 0.576. The topological polar surface area (TPSA) is 69.0 Å². The van der Waals surface area contributed by atoms with Gasteiger partial charge >= 0.3 is 0 Å². The van der Waals surface area contributed by atoms with Gasteiger partial charge in [-0.1, -0.05) is 31.2 Å². The lowest BCUT2D eigenvalue weighted by molar-refractivity contribution is 0.0707. The predicted molar refractivity (Wildman–Crippen MR) is 114 cm³/mol. The van der Waals surface area contributed by atoms with Crippen molar-refractivity contribution in [1.82, 2.24) is 4.90 Å². The molecule has 0 spiro atoms. The Labute approximate surface area is 175 Å². The number of amides is 1. The highest BCUT2D eigenvalue weighted by Gasteiger charge is 2.42. The van der Waals surface area contributed by atoms with E-state index in [9.17, 15) is 9.59 Å². The van der Waals surface area contributed by atoms with Gasteiger partial charge in [0.25, 0.3) is 5.91 Å². The minimum Gasteiger partial charge on any atom is -0.494 e. The molecule has 6 heteroatoms.